The van der Waals surface area contributed by atoms with Crippen molar-refractivity contribution in [2.45, 2.75) is 20.0 Å². The van der Waals surface area contributed by atoms with Gasteiger partial charge in [0.2, 0.25) is 5.91 Å². The summed E-state index contributed by atoms with van der Waals surface area (Å²) < 4.78 is 13.2. The number of carbonyl (C=O) groups excluding carboxylic acids is 2. The van der Waals surface area contributed by atoms with Gasteiger partial charge in [-0.25, -0.2) is 4.39 Å². The van der Waals surface area contributed by atoms with E-state index in [0.717, 1.165) is 23.5 Å². The second-order valence-corrected chi connectivity index (χ2v) is 8.06. The molecule has 1 saturated heterocycles. The van der Waals surface area contributed by atoms with Crippen LogP contribution in [0.15, 0.2) is 30.3 Å². The molecule has 1 aromatic carbocycles. The minimum atomic E-state index is -0.340. The molecular weight excluding hydrogens is 389 g/mol. The Labute approximate surface area is 166 Å². The van der Waals surface area contributed by atoms with Gasteiger partial charge in [0.15, 0.2) is 0 Å². The van der Waals surface area contributed by atoms with Crippen LogP contribution in [0.1, 0.15) is 27.0 Å². The van der Waals surface area contributed by atoms with E-state index in [1.54, 1.807) is 6.07 Å². The average molecular weight is 410 g/mol. The topological polar surface area (TPSA) is 52.7 Å². The van der Waals surface area contributed by atoms with Crippen molar-refractivity contribution >= 4 is 34.8 Å². The van der Waals surface area contributed by atoms with Crippen molar-refractivity contribution in [2.24, 2.45) is 0 Å². The number of hydrogen-bond acceptors (Lipinski definition) is 4. The van der Waals surface area contributed by atoms with Crippen LogP contribution in [0.4, 0.5) is 4.39 Å². The van der Waals surface area contributed by atoms with Crippen LogP contribution in [-0.2, 0) is 17.9 Å². The summed E-state index contributed by atoms with van der Waals surface area (Å²) in [5, 5.41) is 3.17. The summed E-state index contributed by atoms with van der Waals surface area (Å²) in [4.78, 5) is 29.4. The minimum absolute atomic E-state index is 0.0218. The summed E-state index contributed by atoms with van der Waals surface area (Å²) in [5.74, 6) is -0.407. The maximum atomic E-state index is 13.2. The molecule has 5 nitrogen and oxygen atoms in total. The van der Waals surface area contributed by atoms with E-state index in [4.69, 9.17) is 11.6 Å². The van der Waals surface area contributed by atoms with Crippen molar-refractivity contribution in [3.05, 3.63) is 56.5 Å². The summed E-state index contributed by atoms with van der Waals surface area (Å²) >= 11 is 7.51. The summed E-state index contributed by atoms with van der Waals surface area (Å²) in [5.41, 5.74) is 0.888. The number of amides is 2. The first-order valence-electron chi connectivity index (χ1n) is 8.71. The minimum Gasteiger partial charge on any atom is -0.351 e. The molecule has 0 bridgehead atoms. The zero-order chi connectivity index (χ0) is 19.4. The molecule has 3 rings (SSSR count). The summed E-state index contributed by atoms with van der Waals surface area (Å²) in [7, 11) is 0. The normalized spacial score (nSPS) is 15.0. The molecule has 0 radical (unpaired) electrons. The molecule has 144 valence electrons. The molecule has 0 unspecified atom stereocenters. The lowest BCUT2D eigenvalue weighted by Gasteiger charge is -2.34. The molecule has 2 amide bonds. The monoisotopic (exact) mass is 409 g/mol. The van der Waals surface area contributed by atoms with E-state index in [0.29, 0.717) is 36.1 Å². The lowest BCUT2D eigenvalue weighted by molar-refractivity contribution is -0.119. The SMILES string of the molecule is CC(=O)NCc1ccc(C(=O)N2CCN(Cc3ccc(F)cc3Cl)CC2)s1. The molecule has 2 heterocycles. The van der Waals surface area contributed by atoms with Crippen LogP contribution in [0.2, 0.25) is 5.02 Å². The van der Waals surface area contributed by atoms with E-state index in [1.807, 2.05) is 17.0 Å². The molecular formula is C19H21ClFN3O2S. The summed E-state index contributed by atoms with van der Waals surface area (Å²) in [6.07, 6.45) is 0. The fourth-order valence-corrected chi connectivity index (χ4v) is 4.10. The van der Waals surface area contributed by atoms with Crippen LogP contribution in [0.25, 0.3) is 0 Å². The molecule has 0 aliphatic carbocycles. The van der Waals surface area contributed by atoms with Gasteiger partial charge in [-0.05, 0) is 29.8 Å². The van der Waals surface area contributed by atoms with Gasteiger partial charge in [0.05, 0.1) is 11.4 Å². The van der Waals surface area contributed by atoms with Gasteiger partial charge < -0.3 is 10.2 Å². The lowest BCUT2D eigenvalue weighted by Crippen LogP contribution is -2.48. The van der Waals surface area contributed by atoms with E-state index in [1.165, 1.54) is 30.4 Å². The number of piperazine rings is 1. The van der Waals surface area contributed by atoms with Crippen molar-refractivity contribution < 1.29 is 14.0 Å². The fraction of sp³-hybridized carbons (Fsp3) is 0.368. The Morgan fingerprint density at radius 1 is 1.19 bits per heavy atom. The molecule has 8 heteroatoms. The van der Waals surface area contributed by atoms with Gasteiger partial charge in [0.25, 0.3) is 5.91 Å². The predicted octanol–water partition coefficient (Wildman–Crippen LogP) is 3.13. The van der Waals surface area contributed by atoms with Gasteiger partial charge in [-0.3, -0.25) is 14.5 Å². The molecule has 1 N–H and O–H groups in total. The average Bonchev–Trinajstić information content (AvgIpc) is 3.11. The molecule has 1 fully saturated rings. The Morgan fingerprint density at radius 3 is 2.59 bits per heavy atom. The highest BCUT2D eigenvalue weighted by Gasteiger charge is 2.23. The molecule has 1 aliphatic rings. The quantitative estimate of drug-likeness (QED) is 0.825. The van der Waals surface area contributed by atoms with E-state index in [9.17, 15) is 14.0 Å². The predicted molar refractivity (Wildman–Crippen MR) is 104 cm³/mol. The van der Waals surface area contributed by atoms with Crippen LogP contribution < -0.4 is 5.32 Å². The Bertz CT molecular complexity index is 834. The van der Waals surface area contributed by atoms with Crippen molar-refractivity contribution in [3.8, 4) is 0 Å². The Balaban J connectivity index is 1.52. The maximum Gasteiger partial charge on any atom is 0.264 e. The smallest absolute Gasteiger partial charge is 0.264 e. The van der Waals surface area contributed by atoms with Gasteiger partial charge in [-0.1, -0.05) is 17.7 Å². The number of rotatable bonds is 5. The fourth-order valence-electron chi connectivity index (χ4n) is 2.96. The number of thiophene rings is 1. The first-order chi connectivity index (χ1) is 12.9. The Kier molecular flexibility index (Phi) is 6.46. The molecule has 0 spiro atoms. The van der Waals surface area contributed by atoms with E-state index in [-0.39, 0.29) is 17.6 Å². The standard InChI is InChI=1S/C19H21ClFN3O2S/c1-13(25)22-11-16-4-5-18(27-16)19(26)24-8-6-23(7-9-24)12-14-2-3-15(21)10-17(14)20/h2-5,10H,6-9,11-12H2,1H3,(H,22,25). The van der Waals surface area contributed by atoms with Crippen molar-refractivity contribution in [3.63, 3.8) is 0 Å². The van der Waals surface area contributed by atoms with Gasteiger partial charge in [0, 0.05) is 49.5 Å². The van der Waals surface area contributed by atoms with E-state index in [2.05, 4.69) is 10.2 Å². The van der Waals surface area contributed by atoms with Crippen LogP contribution in [-0.4, -0.2) is 47.8 Å². The van der Waals surface area contributed by atoms with Crippen LogP contribution in [0.5, 0.6) is 0 Å². The number of nitrogens with one attached hydrogen (secondary N) is 1. The van der Waals surface area contributed by atoms with Gasteiger partial charge >= 0.3 is 0 Å². The molecule has 0 atom stereocenters. The number of carbonyl (C=O) groups is 2. The zero-order valence-electron chi connectivity index (χ0n) is 15.0. The molecule has 1 aromatic heterocycles. The van der Waals surface area contributed by atoms with Crippen LogP contribution in [0, 0.1) is 5.82 Å². The van der Waals surface area contributed by atoms with Crippen molar-refractivity contribution in [2.75, 3.05) is 26.2 Å². The summed E-state index contributed by atoms with van der Waals surface area (Å²) in [6, 6.07) is 8.13. The third-order valence-corrected chi connectivity index (χ3v) is 5.88. The molecule has 1 aliphatic heterocycles. The Hall–Kier alpha value is -1.96. The van der Waals surface area contributed by atoms with Gasteiger partial charge in [-0.2, -0.15) is 0 Å². The van der Waals surface area contributed by atoms with Gasteiger partial charge in [0.1, 0.15) is 5.82 Å². The Morgan fingerprint density at radius 2 is 1.93 bits per heavy atom. The number of halogens is 2. The lowest BCUT2D eigenvalue weighted by atomic mass is 10.2. The highest BCUT2D eigenvalue weighted by atomic mass is 35.5. The number of hydrogen-bond donors (Lipinski definition) is 1. The highest BCUT2D eigenvalue weighted by molar-refractivity contribution is 7.14. The number of nitrogens with zero attached hydrogens (tertiary/aromatic N) is 2. The van der Waals surface area contributed by atoms with Gasteiger partial charge in [-0.15, -0.1) is 11.3 Å². The van der Waals surface area contributed by atoms with E-state index < -0.39 is 0 Å². The van der Waals surface area contributed by atoms with Crippen molar-refractivity contribution in [1.29, 1.82) is 0 Å². The first kappa shape index (κ1) is 19.8. The molecule has 27 heavy (non-hydrogen) atoms. The first-order valence-corrected chi connectivity index (χ1v) is 9.90. The largest absolute Gasteiger partial charge is 0.351 e. The molecule has 2 aromatic rings. The van der Waals surface area contributed by atoms with Crippen LogP contribution in [0.3, 0.4) is 0 Å². The highest BCUT2D eigenvalue weighted by Crippen LogP contribution is 2.22. The second-order valence-electron chi connectivity index (χ2n) is 6.48. The maximum absolute atomic E-state index is 13.2. The third-order valence-electron chi connectivity index (χ3n) is 4.45. The van der Waals surface area contributed by atoms with Crippen molar-refractivity contribution in [1.82, 2.24) is 15.1 Å². The van der Waals surface area contributed by atoms with Crippen LogP contribution >= 0.6 is 22.9 Å². The second kappa shape index (κ2) is 8.82. The zero-order valence-corrected chi connectivity index (χ0v) is 16.6. The summed E-state index contributed by atoms with van der Waals surface area (Å²) in [6.45, 7) is 5.30. The third kappa shape index (κ3) is 5.28. The molecule has 0 saturated carbocycles. The van der Waals surface area contributed by atoms with E-state index >= 15 is 0 Å². The number of benzene rings is 1.